The van der Waals surface area contributed by atoms with Crippen molar-refractivity contribution in [2.24, 2.45) is 56.2 Å². The number of ketones is 1. The van der Waals surface area contributed by atoms with Crippen molar-refractivity contribution in [1.29, 1.82) is 0 Å². The second kappa shape index (κ2) is 12.7. The van der Waals surface area contributed by atoms with Gasteiger partial charge in [0.1, 0.15) is 12.2 Å². The second-order valence-electron chi connectivity index (χ2n) is 19.6. The number of hydrogen-bond acceptors (Lipinski definition) is 10. The van der Waals surface area contributed by atoms with Crippen molar-refractivity contribution in [3.8, 4) is 11.7 Å². The Morgan fingerprint density at radius 1 is 0.963 bits per heavy atom. The average molecular weight is 749 g/mol. The van der Waals surface area contributed by atoms with Gasteiger partial charge >= 0.3 is 11.9 Å². The van der Waals surface area contributed by atoms with Crippen LogP contribution in [0.5, 0.6) is 0 Å². The van der Waals surface area contributed by atoms with Crippen molar-refractivity contribution in [3.63, 3.8) is 0 Å². The van der Waals surface area contributed by atoms with Crippen LogP contribution in [0.1, 0.15) is 139 Å². The van der Waals surface area contributed by atoms with E-state index < -0.39 is 34.7 Å². The summed E-state index contributed by atoms with van der Waals surface area (Å²) in [5.41, 5.74) is -0.665. The Balaban J connectivity index is 1.19. The molecule has 5 aliphatic carbocycles. The van der Waals surface area contributed by atoms with Gasteiger partial charge in [-0.05, 0) is 116 Å². The minimum absolute atomic E-state index is 0.00882. The molecule has 2 N–H and O–H groups in total. The zero-order valence-electron chi connectivity index (χ0n) is 33.3. The van der Waals surface area contributed by atoms with E-state index in [1.807, 2.05) is 0 Å². The number of ether oxygens (including phenoxy) is 1. The monoisotopic (exact) mass is 748 g/mol. The van der Waals surface area contributed by atoms with Crippen molar-refractivity contribution in [3.05, 3.63) is 35.2 Å². The Hall–Kier alpha value is -3.54. The van der Waals surface area contributed by atoms with E-state index in [9.17, 15) is 29.0 Å². The number of aliphatic hydroxyl groups is 1. The Labute approximate surface area is 317 Å². The fourth-order valence-corrected chi connectivity index (χ4v) is 12.9. The number of allylic oxidation sites excluding steroid dienone is 1. The molecule has 11 nitrogen and oxygen atoms in total. The third kappa shape index (κ3) is 5.53. The highest BCUT2D eigenvalue weighted by Gasteiger charge is 2.71. The summed E-state index contributed by atoms with van der Waals surface area (Å²) < 4.78 is 25.6. The zero-order chi connectivity index (χ0) is 39.4. The summed E-state index contributed by atoms with van der Waals surface area (Å²) >= 11 is 0. The van der Waals surface area contributed by atoms with Crippen LogP contribution >= 0.6 is 0 Å². The number of hydrogen-bond donors (Lipinski definition) is 2. The predicted octanol–water partition coefficient (Wildman–Crippen LogP) is 8.09. The maximum absolute atomic E-state index is 14.1. The van der Waals surface area contributed by atoms with E-state index in [2.05, 4.69) is 68.6 Å². The number of fused-ring (bicyclic) bond motifs is 7. The van der Waals surface area contributed by atoms with Crippen molar-refractivity contribution in [2.75, 3.05) is 0 Å². The lowest BCUT2D eigenvalue weighted by Gasteiger charge is -2.72. The Morgan fingerprint density at radius 2 is 1.65 bits per heavy atom. The van der Waals surface area contributed by atoms with E-state index in [-0.39, 0.29) is 75.8 Å². The summed E-state index contributed by atoms with van der Waals surface area (Å²) in [4.78, 5) is 46.9. The molecule has 54 heavy (non-hydrogen) atoms. The van der Waals surface area contributed by atoms with Gasteiger partial charge in [0.15, 0.2) is 11.6 Å². The molecule has 12 heteroatoms. The van der Waals surface area contributed by atoms with Gasteiger partial charge in [0.25, 0.3) is 5.89 Å². The molecule has 2 heterocycles. The Bertz CT molecular complexity index is 1890. The van der Waals surface area contributed by atoms with Gasteiger partial charge in [-0.1, -0.05) is 48.5 Å². The molecule has 0 saturated heterocycles. The van der Waals surface area contributed by atoms with Gasteiger partial charge in [-0.25, -0.2) is 14.4 Å². The van der Waals surface area contributed by atoms with Gasteiger partial charge in [0.2, 0.25) is 11.7 Å². The molecule has 4 fully saturated rings. The highest BCUT2D eigenvalue weighted by molar-refractivity contribution is 6.00. The first-order valence-electron chi connectivity index (χ1n) is 19.8. The number of aliphatic carboxylic acids is 1. The van der Waals surface area contributed by atoms with Crippen LogP contribution in [-0.2, 0) is 19.1 Å². The van der Waals surface area contributed by atoms with Crippen LogP contribution in [0.2, 0.25) is 0 Å². The Kier molecular flexibility index (Phi) is 9.14. The Morgan fingerprint density at radius 3 is 2.30 bits per heavy atom. The topological polar surface area (TPSA) is 166 Å². The summed E-state index contributed by atoms with van der Waals surface area (Å²) in [7, 11) is 0. The molecule has 0 aromatic carbocycles. The van der Waals surface area contributed by atoms with E-state index >= 15 is 0 Å². The van der Waals surface area contributed by atoms with Gasteiger partial charge < -0.3 is 19.4 Å². The van der Waals surface area contributed by atoms with Crippen LogP contribution in [0.3, 0.4) is 0 Å². The molecular weight excluding hydrogens is 691 g/mol. The number of carbonyl (C=O) groups excluding carboxylic acids is 2. The number of Topliss-reactive ketones (excluding diaryl/α,β-unsaturated/α-hetero) is 1. The number of carboxylic acids is 1. The first kappa shape index (κ1) is 38.7. The van der Waals surface area contributed by atoms with Crippen LogP contribution in [0, 0.1) is 62.0 Å². The quantitative estimate of drug-likeness (QED) is 0.251. The third-order valence-corrected chi connectivity index (χ3v) is 15.9. The number of halogens is 1. The van der Waals surface area contributed by atoms with E-state index in [4.69, 9.17) is 9.15 Å². The van der Waals surface area contributed by atoms with Gasteiger partial charge in [-0.3, -0.25) is 14.4 Å². The maximum atomic E-state index is 14.1. The van der Waals surface area contributed by atoms with E-state index in [0.29, 0.717) is 18.3 Å². The summed E-state index contributed by atoms with van der Waals surface area (Å²) in [5.74, 6) is -1.16. The molecule has 294 valence electrons. The second-order valence-corrected chi connectivity index (χ2v) is 19.6. The molecule has 7 rings (SSSR count). The number of esters is 1. The molecule has 2 aromatic heterocycles. The van der Waals surface area contributed by atoms with Gasteiger partial charge in [0.05, 0.1) is 24.2 Å². The molecule has 5 aliphatic rings. The first-order valence-corrected chi connectivity index (χ1v) is 19.8. The van der Waals surface area contributed by atoms with Crippen LogP contribution in [-0.4, -0.2) is 54.2 Å². The highest BCUT2D eigenvalue weighted by Crippen LogP contribution is 2.77. The lowest BCUT2D eigenvalue weighted by Crippen LogP contribution is -2.66. The maximum Gasteiger partial charge on any atom is 0.309 e. The summed E-state index contributed by atoms with van der Waals surface area (Å²) in [5, 5.41) is 30.2. The SMILES string of the molecule is CC(C)C1=C2[C@H]3CC[C@@H]4[C@@]5(C)CC[C@H](OC(=O)CC(C)(C)C(=O)O)C(C)(C)[C@@H]5CC[C@@]4(C)[C@]3(C)CC[C@@]2([C@@H](O)c2nnc(-c3ncc(F)cn3)o2)CC1=O. The highest BCUT2D eigenvalue weighted by atomic mass is 19.1. The van der Waals surface area contributed by atoms with Gasteiger partial charge in [0, 0.05) is 17.3 Å². The predicted molar refractivity (Wildman–Crippen MR) is 196 cm³/mol. The average Bonchev–Trinajstić information content (AvgIpc) is 3.69. The fourth-order valence-electron chi connectivity index (χ4n) is 12.9. The van der Waals surface area contributed by atoms with Crippen LogP contribution in [0.25, 0.3) is 11.7 Å². The summed E-state index contributed by atoms with van der Waals surface area (Å²) in [6.07, 6.45) is 7.50. The van der Waals surface area contributed by atoms with Crippen molar-refractivity contribution >= 4 is 17.7 Å². The van der Waals surface area contributed by atoms with Crippen molar-refractivity contribution in [2.45, 2.75) is 139 Å². The summed E-state index contributed by atoms with van der Waals surface area (Å²) in [6.45, 7) is 19.1. The number of carbonyl (C=O) groups is 3. The number of aromatic nitrogens is 4. The number of nitrogens with zero attached hydrogens (tertiary/aromatic N) is 4. The minimum atomic E-state index is -1.21. The largest absolute Gasteiger partial charge is 0.481 e. The molecule has 4 saturated carbocycles. The smallest absolute Gasteiger partial charge is 0.309 e. The van der Waals surface area contributed by atoms with E-state index in [1.54, 1.807) is 13.8 Å². The van der Waals surface area contributed by atoms with E-state index in [1.165, 1.54) is 0 Å². The lowest BCUT2D eigenvalue weighted by atomic mass is 9.33. The molecule has 2 aromatic rings. The normalized spacial score (nSPS) is 36.6. The molecule has 0 radical (unpaired) electrons. The standard InChI is InChI=1S/C42H57FN4O7/c1-22(2)30-25(48)18-42(32(50)34-46-47-35(54-34)33-44-20-23(43)21-45-33)17-16-40(8)24(31(30)42)10-11-27-39(7)14-13-28(53-29(49)19-37(3,4)36(51)52)38(5,6)26(39)12-15-41(27,40)9/h20-22,24,26-28,32,50H,10-19H2,1-9H3,(H,51,52)/t24-,26+,27-,28+,32+,39+,40-,41-,42-/m1/s1. The number of aliphatic hydroxyl groups excluding tert-OH is 1. The molecule has 0 bridgehead atoms. The van der Waals surface area contributed by atoms with Crippen molar-refractivity contribution < 1.29 is 38.1 Å². The van der Waals surface area contributed by atoms with Gasteiger partial charge in [-0.2, -0.15) is 0 Å². The first-order chi connectivity index (χ1) is 25.1. The minimum Gasteiger partial charge on any atom is -0.481 e. The molecule has 0 aliphatic heterocycles. The van der Waals surface area contributed by atoms with Gasteiger partial charge in [-0.15, -0.1) is 10.2 Å². The molecular formula is C42H57FN4O7. The lowest BCUT2D eigenvalue weighted by molar-refractivity contribution is -0.235. The van der Waals surface area contributed by atoms with Crippen molar-refractivity contribution in [1.82, 2.24) is 20.2 Å². The zero-order valence-corrected chi connectivity index (χ0v) is 33.3. The van der Waals surface area contributed by atoms with Crippen LogP contribution < -0.4 is 0 Å². The molecule has 0 spiro atoms. The third-order valence-electron chi connectivity index (χ3n) is 15.9. The molecule has 0 unspecified atom stereocenters. The van der Waals surface area contributed by atoms with Crippen LogP contribution in [0.4, 0.5) is 4.39 Å². The number of rotatable bonds is 8. The molecule has 9 atom stereocenters. The summed E-state index contributed by atoms with van der Waals surface area (Å²) in [6, 6.07) is 0. The molecule has 0 amide bonds. The van der Waals surface area contributed by atoms with E-state index in [0.717, 1.165) is 68.5 Å². The van der Waals surface area contributed by atoms with Crippen LogP contribution in [0.15, 0.2) is 28.0 Å². The number of carboxylic acid groups (broad SMARTS) is 1. The fraction of sp³-hybridized carbons (Fsp3) is 0.738.